The Morgan fingerprint density at radius 3 is 3.00 bits per heavy atom. The van der Waals surface area contributed by atoms with E-state index in [0.717, 1.165) is 49.2 Å². The van der Waals surface area contributed by atoms with Crippen LogP contribution in [-0.4, -0.2) is 49.5 Å². The molecule has 0 unspecified atom stereocenters. The van der Waals surface area contributed by atoms with Crippen LogP contribution in [0.4, 0.5) is 5.69 Å². The number of hydrogen-bond donors (Lipinski definition) is 2. The van der Waals surface area contributed by atoms with E-state index in [1.54, 1.807) is 0 Å². The van der Waals surface area contributed by atoms with Crippen LogP contribution in [0.2, 0.25) is 0 Å². The SMILES string of the molecule is CN(CCOc1ccc2c(c1)CCC(=O)N2)[C@@H]1CCCCNC1=O. The molecule has 3 rings (SSSR count). The molecular weight excluding hydrogens is 306 g/mol. The third-order valence-corrected chi connectivity index (χ3v) is 4.72. The third-order valence-electron chi connectivity index (χ3n) is 4.72. The van der Waals surface area contributed by atoms with Gasteiger partial charge in [-0.1, -0.05) is 0 Å². The minimum absolute atomic E-state index is 0.0603. The van der Waals surface area contributed by atoms with Gasteiger partial charge in [-0.15, -0.1) is 0 Å². The Labute approximate surface area is 142 Å². The van der Waals surface area contributed by atoms with E-state index in [9.17, 15) is 9.59 Å². The van der Waals surface area contributed by atoms with Gasteiger partial charge in [0.15, 0.2) is 0 Å². The molecule has 2 heterocycles. The van der Waals surface area contributed by atoms with Crippen molar-refractivity contribution in [2.24, 2.45) is 0 Å². The van der Waals surface area contributed by atoms with Crippen LogP contribution in [0.5, 0.6) is 5.75 Å². The number of anilines is 1. The van der Waals surface area contributed by atoms with Gasteiger partial charge in [-0.2, -0.15) is 0 Å². The number of nitrogens with zero attached hydrogens (tertiary/aromatic N) is 1. The lowest BCUT2D eigenvalue weighted by Crippen LogP contribution is -2.45. The zero-order valence-electron chi connectivity index (χ0n) is 14.1. The van der Waals surface area contributed by atoms with Gasteiger partial charge < -0.3 is 15.4 Å². The largest absolute Gasteiger partial charge is 0.492 e. The van der Waals surface area contributed by atoms with E-state index in [-0.39, 0.29) is 17.9 Å². The Bertz CT molecular complexity index is 618. The number of ether oxygens (including phenoxy) is 1. The second kappa shape index (κ2) is 7.66. The maximum atomic E-state index is 12.0. The number of benzene rings is 1. The molecule has 0 bridgehead atoms. The van der Waals surface area contributed by atoms with Crippen LogP contribution >= 0.6 is 0 Å². The van der Waals surface area contributed by atoms with Crippen LogP contribution in [0.1, 0.15) is 31.2 Å². The molecule has 1 fully saturated rings. The minimum Gasteiger partial charge on any atom is -0.492 e. The maximum absolute atomic E-state index is 12.0. The highest BCUT2D eigenvalue weighted by atomic mass is 16.5. The van der Waals surface area contributed by atoms with Crippen LogP contribution in [0.15, 0.2) is 18.2 Å². The lowest BCUT2D eigenvalue weighted by atomic mass is 10.0. The molecule has 6 heteroatoms. The number of aryl methyl sites for hydroxylation is 1. The van der Waals surface area contributed by atoms with E-state index < -0.39 is 0 Å². The highest BCUT2D eigenvalue weighted by Crippen LogP contribution is 2.26. The van der Waals surface area contributed by atoms with Crippen molar-refractivity contribution in [3.05, 3.63) is 23.8 Å². The van der Waals surface area contributed by atoms with Crippen molar-refractivity contribution in [1.29, 1.82) is 0 Å². The normalized spacial score (nSPS) is 20.8. The Morgan fingerprint density at radius 1 is 1.25 bits per heavy atom. The Balaban J connectivity index is 1.51. The van der Waals surface area contributed by atoms with Crippen molar-refractivity contribution in [1.82, 2.24) is 10.2 Å². The first-order valence-electron chi connectivity index (χ1n) is 8.67. The van der Waals surface area contributed by atoms with Gasteiger partial charge in [-0.3, -0.25) is 14.5 Å². The van der Waals surface area contributed by atoms with Crippen LogP contribution in [0, 0.1) is 0 Å². The Morgan fingerprint density at radius 2 is 2.12 bits per heavy atom. The monoisotopic (exact) mass is 331 g/mol. The molecule has 1 atom stereocenters. The van der Waals surface area contributed by atoms with Gasteiger partial charge in [0.25, 0.3) is 0 Å². The number of likely N-dealkylation sites (N-methyl/N-ethyl adjacent to an activating group) is 1. The fourth-order valence-electron chi connectivity index (χ4n) is 3.26. The third kappa shape index (κ3) is 4.06. The number of fused-ring (bicyclic) bond motifs is 1. The van der Waals surface area contributed by atoms with E-state index in [0.29, 0.717) is 19.6 Å². The lowest BCUT2D eigenvalue weighted by Gasteiger charge is -2.25. The quantitative estimate of drug-likeness (QED) is 0.859. The summed E-state index contributed by atoms with van der Waals surface area (Å²) < 4.78 is 5.84. The van der Waals surface area contributed by atoms with Crippen molar-refractivity contribution in [3.63, 3.8) is 0 Å². The summed E-state index contributed by atoms with van der Waals surface area (Å²) in [4.78, 5) is 25.5. The molecule has 0 spiro atoms. The van der Waals surface area contributed by atoms with Crippen molar-refractivity contribution in [2.45, 2.75) is 38.1 Å². The van der Waals surface area contributed by atoms with E-state index in [1.165, 1.54) is 0 Å². The summed E-state index contributed by atoms with van der Waals surface area (Å²) in [7, 11) is 1.97. The number of rotatable bonds is 5. The molecule has 130 valence electrons. The maximum Gasteiger partial charge on any atom is 0.237 e. The van der Waals surface area contributed by atoms with E-state index in [4.69, 9.17) is 4.74 Å². The standard InChI is InChI=1S/C18H25N3O3/c1-21(16-4-2-3-9-19-18(16)23)10-11-24-14-6-7-15-13(12-14)5-8-17(22)20-15/h6-7,12,16H,2-5,8-11H2,1H3,(H,19,23)(H,20,22)/t16-/m1/s1. The molecule has 2 aliphatic rings. The van der Waals surface area contributed by atoms with Crippen molar-refractivity contribution >= 4 is 17.5 Å². The predicted molar refractivity (Wildman–Crippen MR) is 92.2 cm³/mol. The molecular formula is C18H25N3O3. The summed E-state index contributed by atoms with van der Waals surface area (Å²) in [5.74, 6) is 1.00. The summed E-state index contributed by atoms with van der Waals surface area (Å²) in [5.41, 5.74) is 1.99. The van der Waals surface area contributed by atoms with Crippen molar-refractivity contribution in [3.8, 4) is 5.75 Å². The van der Waals surface area contributed by atoms with Gasteiger partial charge in [0.1, 0.15) is 12.4 Å². The topological polar surface area (TPSA) is 70.7 Å². The van der Waals surface area contributed by atoms with Crippen LogP contribution in [0.3, 0.4) is 0 Å². The molecule has 0 radical (unpaired) electrons. The lowest BCUT2D eigenvalue weighted by molar-refractivity contribution is -0.125. The first kappa shape index (κ1) is 16.8. The molecule has 2 aliphatic heterocycles. The minimum atomic E-state index is -0.0603. The molecule has 0 aromatic heterocycles. The van der Waals surface area contributed by atoms with Crippen molar-refractivity contribution < 1.29 is 14.3 Å². The van der Waals surface area contributed by atoms with Gasteiger partial charge in [-0.25, -0.2) is 0 Å². The Kier molecular flexibility index (Phi) is 5.35. The molecule has 0 aliphatic carbocycles. The molecule has 1 saturated heterocycles. The van der Waals surface area contributed by atoms with E-state index in [2.05, 4.69) is 15.5 Å². The van der Waals surface area contributed by atoms with Gasteiger partial charge in [0, 0.05) is 25.2 Å². The summed E-state index contributed by atoms with van der Waals surface area (Å²) in [5, 5.41) is 5.83. The molecule has 24 heavy (non-hydrogen) atoms. The second-order valence-corrected chi connectivity index (χ2v) is 6.50. The zero-order valence-corrected chi connectivity index (χ0v) is 14.1. The van der Waals surface area contributed by atoms with Gasteiger partial charge >= 0.3 is 0 Å². The summed E-state index contributed by atoms with van der Waals surface area (Å²) in [6.07, 6.45) is 4.31. The average molecular weight is 331 g/mol. The highest BCUT2D eigenvalue weighted by Gasteiger charge is 2.24. The Hall–Kier alpha value is -2.08. The van der Waals surface area contributed by atoms with Gasteiger partial charge in [0.2, 0.25) is 11.8 Å². The summed E-state index contributed by atoms with van der Waals surface area (Å²) >= 11 is 0. The number of amides is 2. The number of carbonyl (C=O) groups excluding carboxylic acids is 2. The number of hydrogen-bond acceptors (Lipinski definition) is 4. The predicted octanol–water partition coefficient (Wildman–Crippen LogP) is 1.55. The summed E-state index contributed by atoms with van der Waals surface area (Å²) in [6, 6.07) is 5.70. The second-order valence-electron chi connectivity index (χ2n) is 6.50. The van der Waals surface area contributed by atoms with Crippen LogP contribution < -0.4 is 15.4 Å². The molecule has 0 saturated carbocycles. The van der Waals surface area contributed by atoms with Crippen LogP contribution in [0.25, 0.3) is 0 Å². The number of carbonyl (C=O) groups is 2. The van der Waals surface area contributed by atoms with Crippen molar-refractivity contribution in [2.75, 3.05) is 32.1 Å². The van der Waals surface area contributed by atoms with Crippen LogP contribution in [-0.2, 0) is 16.0 Å². The molecule has 6 nitrogen and oxygen atoms in total. The molecule has 1 aromatic rings. The fourth-order valence-corrected chi connectivity index (χ4v) is 3.26. The molecule has 2 N–H and O–H groups in total. The first-order valence-corrected chi connectivity index (χ1v) is 8.67. The zero-order chi connectivity index (χ0) is 16.9. The van der Waals surface area contributed by atoms with E-state index >= 15 is 0 Å². The van der Waals surface area contributed by atoms with E-state index in [1.807, 2.05) is 25.2 Å². The van der Waals surface area contributed by atoms with Gasteiger partial charge in [0.05, 0.1) is 6.04 Å². The smallest absolute Gasteiger partial charge is 0.237 e. The van der Waals surface area contributed by atoms with Gasteiger partial charge in [-0.05, 0) is 56.5 Å². The highest BCUT2D eigenvalue weighted by molar-refractivity contribution is 5.94. The first-order chi connectivity index (χ1) is 11.6. The average Bonchev–Trinajstić information content (AvgIpc) is 2.79. The fraction of sp³-hybridized carbons (Fsp3) is 0.556. The summed E-state index contributed by atoms with van der Waals surface area (Å²) in [6.45, 7) is 2.02. The number of nitrogens with one attached hydrogen (secondary N) is 2. The molecule has 2 amide bonds. The molecule has 1 aromatic carbocycles.